The zero-order chi connectivity index (χ0) is 18.5. The minimum atomic E-state index is -0.786. The molecule has 1 aliphatic heterocycles. The topological polar surface area (TPSA) is 71.9 Å². The highest BCUT2D eigenvalue weighted by molar-refractivity contribution is 5.73. The molecule has 0 saturated carbocycles. The Balaban J connectivity index is 2.08. The van der Waals surface area contributed by atoms with Crippen LogP contribution in [0, 0.1) is 0 Å². The van der Waals surface area contributed by atoms with Crippen molar-refractivity contribution in [3.63, 3.8) is 0 Å². The van der Waals surface area contributed by atoms with E-state index in [9.17, 15) is 9.90 Å². The normalized spacial score (nSPS) is 18.9. The van der Waals surface area contributed by atoms with E-state index in [2.05, 4.69) is 4.98 Å². The van der Waals surface area contributed by atoms with Gasteiger partial charge in [-0.25, -0.2) is 0 Å². The molecule has 2 heterocycles. The van der Waals surface area contributed by atoms with Gasteiger partial charge in [0.25, 0.3) is 0 Å². The van der Waals surface area contributed by atoms with Crippen molar-refractivity contribution in [1.82, 2.24) is 9.88 Å². The molecule has 0 amide bonds. The van der Waals surface area contributed by atoms with Gasteiger partial charge in [-0.3, -0.25) is 14.7 Å². The van der Waals surface area contributed by atoms with Crippen molar-refractivity contribution in [2.24, 2.45) is 0 Å². The number of pyridine rings is 1. The summed E-state index contributed by atoms with van der Waals surface area (Å²) >= 11 is 0. The summed E-state index contributed by atoms with van der Waals surface area (Å²) in [6.07, 6.45) is 4.28. The van der Waals surface area contributed by atoms with E-state index in [1.165, 1.54) is 0 Å². The lowest BCUT2D eigenvalue weighted by Gasteiger charge is -2.39. The summed E-state index contributed by atoms with van der Waals surface area (Å²) < 4.78 is 10.8. The molecule has 6 heteroatoms. The third kappa shape index (κ3) is 3.65. The number of ether oxygens (including phenoxy) is 2. The lowest BCUT2D eigenvalue weighted by atomic mass is 9.94. The molecule has 3 rings (SSSR count). The van der Waals surface area contributed by atoms with E-state index < -0.39 is 12.0 Å². The zero-order valence-electron chi connectivity index (χ0n) is 15.1. The Bertz CT molecular complexity index is 751. The van der Waals surface area contributed by atoms with Crippen LogP contribution in [-0.4, -0.2) is 47.8 Å². The number of hydrogen-bond donors (Lipinski definition) is 1. The maximum atomic E-state index is 11.8. The lowest BCUT2D eigenvalue weighted by Crippen LogP contribution is -2.47. The molecule has 0 radical (unpaired) electrons. The van der Waals surface area contributed by atoms with Crippen molar-refractivity contribution in [1.29, 1.82) is 0 Å². The second-order valence-electron chi connectivity index (χ2n) is 6.36. The number of piperidine rings is 1. The van der Waals surface area contributed by atoms with E-state index in [0.29, 0.717) is 24.5 Å². The number of carboxylic acids is 1. The molecular formula is C20H24N2O4. The Morgan fingerprint density at radius 1 is 1.19 bits per heavy atom. The number of benzene rings is 1. The number of rotatable bonds is 6. The van der Waals surface area contributed by atoms with Crippen LogP contribution >= 0.6 is 0 Å². The fourth-order valence-corrected chi connectivity index (χ4v) is 3.62. The summed E-state index contributed by atoms with van der Waals surface area (Å²) in [6.45, 7) is 0.715. The third-order valence-corrected chi connectivity index (χ3v) is 4.85. The SMILES string of the molecule is COc1ccc(C(c2ccccn2)N2CCCCC2C(=O)O)cc1OC. The van der Waals surface area contributed by atoms with E-state index in [4.69, 9.17) is 9.47 Å². The second kappa shape index (κ2) is 8.19. The molecule has 2 aromatic rings. The van der Waals surface area contributed by atoms with E-state index in [-0.39, 0.29) is 6.04 Å². The highest BCUT2D eigenvalue weighted by Gasteiger charge is 2.36. The van der Waals surface area contributed by atoms with Gasteiger partial charge >= 0.3 is 5.97 Å². The molecule has 1 aromatic carbocycles. The van der Waals surface area contributed by atoms with Crippen LogP contribution in [0.25, 0.3) is 0 Å². The Labute approximate surface area is 153 Å². The first kappa shape index (κ1) is 18.2. The Kier molecular flexibility index (Phi) is 5.73. The summed E-state index contributed by atoms with van der Waals surface area (Å²) in [6, 6.07) is 10.7. The van der Waals surface area contributed by atoms with Crippen LogP contribution in [-0.2, 0) is 4.79 Å². The van der Waals surface area contributed by atoms with Crippen molar-refractivity contribution in [2.75, 3.05) is 20.8 Å². The minimum Gasteiger partial charge on any atom is -0.493 e. The van der Waals surface area contributed by atoms with Gasteiger partial charge in [0.1, 0.15) is 6.04 Å². The number of likely N-dealkylation sites (tertiary alicyclic amines) is 1. The number of carboxylic acid groups (broad SMARTS) is 1. The average molecular weight is 356 g/mol. The standard InChI is InChI=1S/C20H24N2O4/c1-25-17-10-9-14(13-18(17)26-2)19(15-7-3-5-11-21-15)22-12-6-4-8-16(22)20(23)24/h3,5,7,9-11,13,16,19H,4,6,8,12H2,1-2H3,(H,23,24). The number of carbonyl (C=O) groups is 1. The molecule has 2 atom stereocenters. The molecule has 1 aromatic heterocycles. The first-order chi connectivity index (χ1) is 12.7. The molecule has 0 bridgehead atoms. The van der Waals surface area contributed by atoms with Crippen LogP contribution in [0.3, 0.4) is 0 Å². The Morgan fingerprint density at radius 3 is 2.65 bits per heavy atom. The molecule has 1 saturated heterocycles. The fraction of sp³-hybridized carbons (Fsp3) is 0.400. The van der Waals surface area contributed by atoms with Crippen molar-refractivity contribution in [3.05, 3.63) is 53.9 Å². The summed E-state index contributed by atoms with van der Waals surface area (Å²) in [4.78, 5) is 18.4. The number of aromatic nitrogens is 1. The molecule has 0 spiro atoms. The maximum absolute atomic E-state index is 11.8. The minimum absolute atomic E-state index is 0.252. The van der Waals surface area contributed by atoms with Gasteiger partial charge in [0, 0.05) is 6.20 Å². The molecule has 2 unspecified atom stereocenters. The van der Waals surface area contributed by atoms with Crippen molar-refractivity contribution >= 4 is 5.97 Å². The van der Waals surface area contributed by atoms with E-state index in [1.54, 1.807) is 20.4 Å². The number of hydrogen-bond acceptors (Lipinski definition) is 5. The average Bonchev–Trinajstić information content (AvgIpc) is 2.69. The van der Waals surface area contributed by atoms with Gasteiger partial charge in [0.2, 0.25) is 0 Å². The van der Waals surface area contributed by atoms with E-state index in [0.717, 1.165) is 24.1 Å². The van der Waals surface area contributed by atoms with Gasteiger partial charge in [-0.2, -0.15) is 0 Å². The first-order valence-corrected chi connectivity index (χ1v) is 8.77. The third-order valence-electron chi connectivity index (χ3n) is 4.85. The van der Waals surface area contributed by atoms with Crippen molar-refractivity contribution in [3.8, 4) is 11.5 Å². The van der Waals surface area contributed by atoms with Gasteiger partial charge in [0.05, 0.1) is 26.0 Å². The van der Waals surface area contributed by atoms with Gasteiger partial charge in [-0.1, -0.05) is 18.6 Å². The largest absolute Gasteiger partial charge is 0.493 e. The highest BCUT2D eigenvalue weighted by Crippen LogP contribution is 2.37. The number of nitrogens with zero attached hydrogens (tertiary/aromatic N) is 2. The van der Waals surface area contributed by atoms with Crippen LogP contribution < -0.4 is 9.47 Å². The maximum Gasteiger partial charge on any atom is 0.320 e. The fourth-order valence-electron chi connectivity index (χ4n) is 3.62. The Morgan fingerprint density at radius 2 is 2.00 bits per heavy atom. The van der Waals surface area contributed by atoms with Crippen LogP contribution in [0.2, 0.25) is 0 Å². The zero-order valence-corrected chi connectivity index (χ0v) is 15.1. The summed E-state index contributed by atoms with van der Waals surface area (Å²) in [7, 11) is 3.19. The smallest absolute Gasteiger partial charge is 0.320 e. The Hall–Kier alpha value is -2.60. The lowest BCUT2D eigenvalue weighted by molar-refractivity contribution is -0.145. The molecule has 138 valence electrons. The quantitative estimate of drug-likeness (QED) is 0.857. The van der Waals surface area contributed by atoms with Crippen LogP contribution in [0.1, 0.15) is 36.6 Å². The van der Waals surface area contributed by atoms with Crippen LogP contribution in [0.5, 0.6) is 11.5 Å². The van der Waals surface area contributed by atoms with E-state index >= 15 is 0 Å². The predicted molar refractivity (Wildman–Crippen MR) is 97.6 cm³/mol. The highest BCUT2D eigenvalue weighted by atomic mass is 16.5. The second-order valence-corrected chi connectivity index (χ2v) is 6.36. The predicted octanol–water partition coefficient (Wildman–Crippen LogP) is 3.13. The number of aliphatic carboxylic acids is 1. The van der Waals surface area contributed by atoms with Gasteiger partial charge in [0.15, 0.2) is 11.5 Å². The van der Waals surface area contributed by atoms with Crippen LogP contribution in [0.4, 0.5) is 0 Å². The molecule has 1 aliphatic rings. The van der Waals surface area contributed by atoms with Crippen molar-refractivity contribution < 1.29 is 19.4 Å². The molecule has 1 fully saturated rings. The monoisotopic (exact) mass is 356 g/mol. The van der Waals surface area contributed by atoms with Gasteiger partial charge in [-0.05, 0) is 49.2 Å². The van der Waals surface area contributed by atoms with Gasteiger partial charge in [-0.15, -0.1) is 0 Å². The summed E-state index contributed by atoms with van der Waals surface area (Å²) in [5.74, 6) is 0.477. The molecule has 6 nitrogen and oxygen atoms in total. The summed E-state index contributed by atoms with van der Waals surface area (Å²) in [5, 5.41) is 9.73. The summed E-state index contributed by atoms with van der Waals surface area (Å²) in [5.41, 5.74) is 1.77. The molecular weight excluding hydrogens is 332 g/mol. The first-order valence-electron chi connectivity index (χ1n) is 8.77. The van der Waals surface area contributed by atoms with Crippen molar-refractivity contribution in [2.45, 2.75) is 31.3 Å². The molecule has 26 heavy (non-hydrogen) atoms. The number of methoxy groups -OCH3 is 2. The van der Waals surface area contributed by atoms with Crippen LogP contribution in [0.15, 0.2) is 42.6 Å². The molecule has 0 aliphatic carbocycles. The molecule has 1 N–H and O–H groups in total. The van der Waals surface area contributed by atoms with E-state index in [1.807, 2.05) is 41.3 Å². The van der Waals surface area contributed by atoms with Gasteiger partial charge < -0.3 is 14.6 Å².